The van der Waals surface area contributed by atoms with E-state index in [-0.39, 0.29) is 37.4 Å². The molecule has 0 fully saturated rings. The quantitative estimate of drug-likeness (QED) is 0.0482. The van der Waals surface area contributed by atoms with E-state index in [0.29, 0.717) is 43.8 Å². The first-order valence-electron chi connectivity index (χ1n) is 24.8. The number of rotatable bonds is 45. The molecule has 12 nitrogen and oxygen atoms in total. The van der Waals surface area contributed by atoms with Crippen LogP contribution in [0.4, 0.5) is 11.8 Å². The van der Waals surface area contributed by atoms with Crippen LogP contribution in [0, 0.1) is 0 Å². The molecule has 350 valence electrons. The number of unbranched alkanes of at least 4 members (excludes halogenated alkanes) is 26. The predicted octanol–water partition coefficient (Wildman–Crippen LogP) is 13.4. The molecule has 0 aliphatic rings. The van der Waals surface area contributed by atoms with Crippen molar-refractivity contribution < 1.29 is 27.8 Å². The maximum absolute atomic E-state index is 13.9. The molecule has 0 bridgehead atoms. The van der Waals surface area contributed by atoms with Crippen LogP contribution in [0.15, 0.2) is 6.33 Å². The summed E-state index contributed by atoms with van der Waals surface area (Å²) in [6.45, 7) is 10.00. The molecule has 60 heavy (non-hydrogen) atoms. The van der Waals surface area contributed by atoms with Crippen molar-refractivity contribution in [3.63, 3.8) is 0 Å². The fraction of sp³-hybridized carbons (Fsp3) is 0.894. The van der Waals surface area contributed by atoms with E-state index in [0.717, 1.165) is 26.1 Å². The lowest BCUT2D eigenvalue weighted by Crippen LogP contribution is -2.19. The summed E-state index contributed by atoms with van der Waals surface area (Å²) in [5.74, 6) is 0.303. The van der Waals surface area contributed by atoms with Crippen LogP contribution in [0.5, 0.6) is 0 Å². The van der Waals surface area contributed by atoms with Crippen molar-refractivity contribution in [3.05, 3.63) is 6.33 Å². The highest BCUT2D eigenvalue weighted by Crippen LogP contribution is 2.48. The van der Waals surface area contributed by atoms with Gasteiger partial charge in [-0.05, 0) is 32.6 Å². The number of aromatic nitrogens is 4. The molecule has 0 saturated carbocycles. The summed E-state index contributed by atoms with van der Waals surface area (Å²) < 4.78 is 45.2. The molecule has 2 heterocycles. The molecular weight excluding hydrogens is 776 g/mol. The molecule has 0 amide bonds. The fourth-order valence-electron chi connectivity index (χ4n) is 7.51. The normalized spacial score (nSPS) is 12.6. The van der Waals surface area contributed by atoms with Crippen LogP contribution in [0.25, 0.3) is 11.2 Å². The molecular formula is C47H91N6O6P. The summed E-state index contributed by atoms with van der Waals surface area (Å²) in [4.78, 5) is 12.6. The molecule has 1 atom stereocenters. The van der Waals surface area contributed by atoms with Crippen LogP contribution < -0.4 is 11.5 Å². The van der Waals surface area contributed by atoms with Crippen molar-refractivity contribution >= 4 is 30.5 Å². The first-order chi connectivity index (χ1) is 29.4. The summed E-state index contributed by atoms with van der Waals surface area (Å²) in [6, 6.07) is 0. The van der Waals surface area contributed by atoms with Crippen LogP contribution in [0.1, 0.15) is 213 Å². The average molecular weight is 867 g/mol. The van der Waals surface area contributed by atoms with Gasteiger partial charge in [-0.15, -0.1) is 0 Å². The van der Waals surface area contributed by atoms with Gasteiger partial charge in [0.15, 0.2) is 11.5 Å². The van der Waals surface area contributed by atoms with Crippen molar-refractivity contribution in [2.75, 3.05) is 57.5 Å². The molecule has 0 radical (unpaired) electrons. The highest BCUT2D eigenvalue weighted by atomic mass is 31.2. The molecule has 0 aromatic carbocycles. The second-order valence-electron chi connectivity index (χ2n) is 17.0. The molecule has 0 saturated heterocycles. The standard InChI is InChI=1S/C47H91N6O6P/c1-4-6-8-10-12-14-16-18-20-22-24-26-28-30-34-55-36-32-38-58-60(54,42-57-43(3)40-53-41-50-44-45(48)51-47(49)52-46(44)53)59-39-33-37-56-35-31-29-27-25-23-21-19-17-15-13-11-9-7-5-2/h41,43H,4-40,42H2,1-3H3,(H4,48,49,51,52)/t43-/m1/s1. The Morgan fingerprint density at radius 2 is 0.933 bits per heavy atom. The van der Waals surface area contributed by atoms with Crippen molar-refractivity contribution in [1.82, 2.24) is 19.5 Å². The largest absolute Gasteiger partial charge is 0.382 e. The molecule has 0 aliphatic carbocycles. The summed E-state index contributed by atoms with van der Waals surface area (Å²) >= 11 is 0. The molecule has 0 unspecified atom stereocenters. The van der Waals surface area contributed by atoms with Gasteiger partial charge in [0.2, 0.25) is 5.95 Å². The number of nitrogen functional groups attached to an aromatic ring is 2. The van der Waals surface area contributed by atoms with Crippen LogP contribution in [0.3, 0.4) is 0 Å². The predicted molar refractivity (Wildman–Crippen MR) is 251 cm³/mol. The number of nitrogens with zero attached hydrogens (tertiary/aromatic N) is 4. The molecule has 0 aliphatic heterocycles. The first-order valence-corrected chi connectivity index (χ1v) is 26.5. The van der Waals surface area contributed by atoms with E-state index in [1.54, 1.807) is 10.9 Å². The Morgan fingerprint density at radius 3 is 1.35 bits per heavy atom. The van der Waals surface area contributed by atoms with Crippen LogP contribution in [-0.2, 0) is 34.4 Å². The van der Waals surface area contributed by atoms with Crippen molar-refractivity contribution in [3.8, 4) is 0 Å². The Bertz CT molecular complexity index is 1270. The number of anilines is 2. The fourth-order valence-corrected chi connectivity index (χ4v) is 8.98. The molecule has 4 N–H and O–H groups in total. The lowest BCUT2D eigenvalue weighted by Gasteiger charge is -2.21. The van der Waals surface area contributed by atoms with E-state index in [1.807, 2.05) is 6.92 Å². The van der Waals surface area contributed by atoms with Gasteiger partial charge in [0, 0.05) is 26.4 Å². The van der Waals surface area contributed by atoms with Gasteiger partial charge in [0.25, 0.3) is 0 Å². The number of nitrogens with two attached hydrogens (primary N) is 2. The van der Waals surface area contributed by atoms with E-state index >= 15 is 0 Å². The number of ether oxygens (including phenoxy) is 3. The van der Waals surface area contributed by atoms with Gasteiger partial charge in [-0.2, -0.15) is 9.97 Å². The summed E-state index contributed by atoms with van der Waals surface area (Å²) in [7, 11) is -3.54. The zero-order valence-corrected chi connectivity index (χ0v) is 39.8. The van der Waals surface area contributed by atoms with Gasteiger partial charge in [-0.1, -0.05) is 181 Å². The van der Waals surface area contributed by atoms with Gasteiger partial charge in [0.05, 0.1) is 32.2 Å². The van der Waals surface area contributed by atoms with Gasteiger partial charge in [-0.3, -0.25) is 4.57 Å². The summed E-state index contributed by atoms with van der Waals surface area (Å²) in [5.41, 5.74) is 12.8. The first kappa shape index (κ1) is 54.3. The molecule has 13 heteroatoms. The van der Waals surface area contributed by atoms with E-state index in [4.69, 9.17) is 34.7 Å². The number of imidazole rings is 1. The van der Waals surface area contributed by atoms with Crippen molar-refractivity contribution in [2.24, 2.45) is 0 Å². The van der Waals surface area contributed by atoms with Gasteiger partial charge < -0.3 is 39.3 Å². The topological polar surface area (TPSA) is 159 Å². The molecule has 2 rings (SSSR count). The van der Waals surface area contributed by atoms with Crippen LogP contribution in [0.2, 0.25) is 0 Å². The highest BCUT2D eigenvalue weighted by Gasteiger charge is 2.26. The Labute approximate surface area is 366 Å². The smallest absolute Gasteiger partial charge is 0.356 e. The Morgan fingerprint density at radius 1 is 0.550 bits per heavy atom. The van der Waals surface area contributed by atoms with Gasteiger partial charge in [0.1, 0.15) is 11.9 Å². The van der Waals surface area contributed by atoms with Gasteiger partial charge >= 0.3 is 7.60 Å². The van der Waals surface area contributed by atoms with Crippen LogP contribution >= 0.6 is 7.60 Å². The van der Waals surface area contributed by atoms with Crippen molar-refractivity contribution in [2.45, 2.75) is 226 Å². The van der Waals surface area contributed by atoms with Crippen LogP contribution in [-0.4, -0.2) is 71.6 Å². The number of hydrogen-bond donors (Lipinski definition) is 2. The monoisotopic (exact) mass is 867 g/mol. The summed E-state index contributed by atoms with van der Waals surface area (Å²) in [6.07, 6.45) is 39.9. The molecule has 2 aromatic rings. The molecule has 0 spiro atoms. The second-order valence-corrected chi connectivity index (χ2v) is 19.0. The Hall–Kier alpha value is -1.82. The third kappa shape index (κ3) is 28.7. The lowest BCUT2D eigenvalue weighted by molar-refractivity contribution is 0.0594. The minimum atomic E-state index is -3.54. The SMILES string of the molecule is CCCCCCCCCCCCCCCCOCCCOP(=O)(CO[C@H](C)Cn1cnc2c(N)nc(N)nc21)OCCCOCCCCCCCCCCCCCCCC. The van der Waals surface area contributed by atoms with Gasteiger partial charge in [-0.25, -0.2) is 4.98 Å². The van der Waals surface area contributed by atoms with E-state index in [9.17, 15) is 4.57 Å². The zero-order valence-electron chi connectivity index (χ0n) is 38.9. The molecule has 2 aromatic heterocycles. The van der Waals surface area contributed by atoms with E-state index < -0.39 is 7.60 Å². The third-order valence-electron chi connectivity index (χ3n) is 11.2. The lowest BCUT2D eigenvalue weighted by atomic mass is 10.0. The summed E-state index contributed by atoms with van der Waals surface area (Å²) in [5, 5.41) is 0. The van der Waals surface area contributed by atoms with E-state index in [1.165, 1.54) is 167 Å². The minimum absolute atomic E-state index is 0.0776. The maximum Gasteiger partial charge on any atom is 0.356 e. The number of fused-ring (bicyclic) bond motifs is 1. The highest BCUT2D eigenvalue weighted by molar-refractivity contribution is 7.53. The second kappa shape index (κ2) is 37.7. The average Bonchev–Trinajstić information content (AvgIpc) is 3.64. The van der Waals surface area contributed by atoms with E-state index in [2.05, 4.69) is 28.8 Å². The van der Waals surface area contributed by atoms with Crippen molar-refractivity contribution in [1.29, 1.82) is 0 Å². The minimum Gasteiger partial charge on any atom is -0.382 e. The number of hydrogen-bond acceptors (Lipinski definition) is 11. The zero-order chi connectivity index (χ0) is 43.2. The Kier molecular flexibility index (Phi) is 34.1. The maximum atomic E-state index is 13.9. The third-order valence-corrected chi connectivity index (χ3v) is 12.8. The Balaban J connectivity index is 1.59.